The highest BCUT2D eigenvalue weighted by Gasteiger charge is 2.08. The lowest BCUT2D eigenvalue weighted by molar-refractivity contribution is 0.0551. The van der Waals surface area contributed by atoms with E-state index in [2.05, 4.69) is 49.1 Å². The molecular formula is C10H18N2. The van der Waals surface area contributed by atoms with E-state index < -0.39 is 0 Å². The molecule has 0 radical (unpaired) electrons. The predicted octanol–water partition coefficient (Wildman–Crippen LogP) is 2.02. The van der Waals surface area contributed by atoms with Gasteiger partial charge < -0.3 is 5.01 Å². The Morgan fingerprint density at radius 2 is 2.25 bits per heavy atom. The van der Waals surface area contributed by atoms with Crippen molar-refractivity contribution in [2.45, 2.75) is 20.3 Å². The Kier molecular flexibility index (Phi) is 3.35. The minimum Gasteiger partial charge on any atom is -0.307 e. The van der Waals surface area contributed by atoms with Gasteiger partial charge in [0.25, 0.3) is 0 Å². The molecular weight excluding hydrogens is 148 g/mol. The average molecular weight is 166 g/mol. The van der Waals surface area contributed by atoms with Crippen molar-refractivity contribution in [2.24, 2.45) is 0 Å². The zero-order valence-electron chi connectivity index (χ0n) is 8.25. The van der Waals surface area contributed by atoms with E-state index in [0.717, 1.165) is 19.5 Å². The molecule has 1 aliphatic rings. The second kappa shape index (κ2) is 4.31. The Bertz CT molecular complexity index is 194. The molecule has 0 aromatic carbocycles. The molecule has 0 aliphatic carbocycles. The van der Waals surface area contributed by atoms with Crippen LogP contribution >= 0.6 is 0 Å². The van der Waals surface area contributed by atoms with E-state index >= 15 is 0 Å². The molecule has 0 bridgehead atoms. The molecule has 0 aromatic rings. The van der Waals surface area contributed by atoms with Gasteiger partial charge in [-0.2, -0.15) is 0 Å². The number of hydrogen-bond acceptors (Lipinski definition) is 2. The maximum absolute atomic E-state index is 2.30. The van der Waals surface area contributed by atoms with Crippen molar-refractivity contribution in [1.29, 1.82) is 0 Å². The largest absolute Gasteiger partial charge is 0.307 e. The van der Waals surface area contributed by atoms with E-state index in [0.29, 0.717) is 0 Å². The Hall–Kier alpha value is -0.760. The SMILES string of the molecule is CCN(C)N1CC=CCC=C1C. The van der Waals surface area contributed by atoms with Gasteiger partial charge in [0.15, 0.2) is 0 Å². The van der Waals surface area contributed by atoms with E-state index in [1.54, 1.807) is 0 Å². The molecule has 0 spiro atoms. The van der Waals surface area contributed by atoms with Crippen LogP contribution in [0, 0.1) is 0 Å². The maximum atomic E-state index is 2.30. The summed E-state index contributed by atoms with van der Waals surface area (Å²) >= 11 is 0. The topological polar surface area (TPSA) is 6.48 Å². The number of hydrogen-bond donors (Lipinski definition) is 0. The van der Waals surface area contributed by atoms with Gasteiger partial charge in [-0.05, 0) is 13.3 Å². The summed E-state index contributed by atoms with van der Waals surface area (Å²) in [7, 11) is 2.12. The van der Waals surface area contributed by atoms with Crippen LogP contribution in [-0.2, 0) is 0 Å². The van der Waals surface area contributed by atoms with Crippen molar-refractivity contribution in [1.82, 2.24) is 10.0 Å². The van der Waals surface area contributed by atoms with Gasteiger partial charge >= 0.3 is 0 Å². The van der Waals surface area contributed by atoms with Gasteiger partial charge in [-0.25, -0.2) is 5.01 Å². The van der Waals surface area contributed by atoms with Crippen molar-refractivity contribution < 1.29 is 0 Å². The standard InChI is InChI=1S/C10H18N2/c1-4-11(3)12-9-7-5-6-8-10(12)2/h5,7-8H,4,6,9H2,1-3H3. The third-order valence-electron chi connectivity index (χ3n) is 2.27. The molecule has 0 atom stereocenters. The molecule has 12 heavy (non-hydrogen) atoms. The molecule has 0 saturated carbocycles. The molecule has 1 rings (SSSR count). The molecule has 0 saturated heterocycles. The van der Waals surface area contributed by atoms with Crippen LogP contribution in [0.3, 0.4) is 0 Å². The second-order valence-electron chi connectivity index (χ2n) is 3.11. The van der Waals surface area contributed by atoms with Crippen molar-refractivity contribution in [3.8, 4) is 0 Å². The van der Waals surface area contributed by atoms with Crippen LogP contribution in [-0.4, -0.2) is 30.2 Å². The average Bonchev–Trinajstić information content (AvgIpc) is 2.28. The second-order valence-corrected chi connectivity index (χ2v) is 3.11. The first kappa shape index (κ1) is 9.33. The van der Waals surface area contributed by atoms with E-state index in [1.165, 1.54) is 5.70 Å². The molecule has 0 N–H and O–H groups in total. The zero-order chi connectivity index (χ0) is 8.97. The molecule has 0 unspecified atom stereocenters. The first-order chi connectivity index (χ1) is 5.75. The summed E-state index contributed by atoms with van der Waals surface area (Å²) in [4.78, 5) is 0. The van der Waals surface area contributed by atoms with E-state index in [-0.39, 0.29) is 0 Å². The molecule has 0 amide bonds. The molecule has 0 aromatic heterocycles. The van der Waals surface area contributed by atoms with E-state index in [9.17, 15) is 0 Å². The summed E-state index contributed by atoms with van der Waals surface area (Å²) in [6.45, 7) is 6.40. The van der Waals surface area contributed by atoms with E-state index in [1.807, 2.05) is 0 Å². The molecule has 0 fully saturated rings. The van der Waals surface area contributed by atoms with Crippen LogP contribution in [0.25, 0.3) is 0 Å². The molecule has 2 heteroatoms. The van der Waals surface area contributed by atoms with Gasteiger partial charge in [0, 0.05) is 19.3 Å². The lowest BCUT2D eigenvalue weighted by Gasteiger charge is -2.32. The molecule has 2 nitrogen and oxygen atoms in total. The normalized spacial score (nSPS) is 18.0. The third-order valence-corrected chi connectivity index (χ3v) is 2.27. The number of rotatable bonds is 2. The van der Waals surface area contributed by atoms with Crippen LogP contribution in [0.4, 0.5) is 0 Å². The quantitative estimate of drug-likeness (QED) is 0.579. The van der Waals surface area contributed by atoms with Crippen LogP contribution in [0.5, 0.6) is 0 Å². The molecule has 1 aliphatic heterocycles. The Morgan fingerprint density at radius 3 is 2.92 bits per heavy atom. The lowest BCUT2D eigenvalue weighted by atomic mass is 10.3. The number of hydrazine groups is 1. The van der Waals surface area contributed by atoms with Crippen molar-refractivity contribution in [2.75, 3.05) is 20.1 Å². The summed E-state index contributed by atoms with van der Waals surface area (Å²) in [5.41, 5.74) is 1.35. The van der Waals surface area contributed by atoms with E-state index in [4.69, 9.17) is 0 Å². The summed E-state index contributed by atoms with van der Waals surface area (Å²) in [5.74, 6) is 0. The summed E-state index contributed by atoms with van der Waals surface area (Å²) in [6, 6.07) is 0. The first-order valence-electron chi connectivity index (χ1n) is 4.56. The van der Waals surface area contributed by atoms with Crippen LogP contribution in [0.1, 0.15) is 20.3 Å². The van der Waals surface area contributed by atoms with Crippen LogP contribution < -0.4 is 0 Å². The minimum atomic E-state index is 1.01. The fourth-order valence-electron chi connectivity index (χ4n) is 1.34. The Labute approximate surface area is 75.1 Å². The summed E-state index contributed by atoms with van der Waals surface area (Å²) in [6.07, 6.45) is 7.77. The lowest BCUT2D eigenvalue weighted by Crippen LogP contribution is -2.38. The van der Waals surface area contributed by atoms with Crippen molar-refractivity contribution in [3.05, 3.63) is 23.9 Å². The minimum absolute atomic E-state index is 1.01. The van der Waals surface area contributed by atoms with Crippen LogP contribution in [0.15, 0.2) is 23.9 Å². The highest BCUT2D eigenvalue weighted by atomic mass is 15.6. The summed E-state index contributed by atoms with van der Waals surface area (Å²) in [5, 5.41) is 4.53. The summed E-state index contributed by atoms with van der Waals surface area (Å²) < 4.78 is 0. The fourth-order valence-corrected chi connectivity index (χ4v) is 1.34. The van der Waals surface area contributed by atoms with Gasteiger partial charge in [-0.15, -0.1) is 0 Å². The first-order valence-corrected chi connectivity index (χ1v) is 4.56. The molecule has 1 heterocycles. The highest BCUT2D eigenvalue weighted by Crippen LogP contribution is 2.10. The fraction of sp³-hybridized carbons (Fsp3) is 0.600. The smallest absolute Gasteiger partial charge is 0.0524 e. The van der Waals surface area contributed by atoms with Gasteiger partial charge in [-0.1, -0.05) is 25.2 Å². The Balaban J connectivity index is 2.66. The van der Waals surface area contributed by atoms with Gasteiger partial charge in [0.05, 0.1) is 6.54 Å². The predicted molar refractivity (Wildman–Crippen MR) is 52.5 cm³/mol. The van der Waals surface area contributed by atoms with Gasteiger partial charge in [0.1, 0.15) is 0 Å². The number of nitrogens with zero attached hydrogens (tertiary/aromatic N) is 2. The third kappa shape index (κ3) is 2.11. The van der Waals surface area contributed by atoms with Gasteiger partial charge in [0.2, 0.25) is 0 Å². The molecule has 68 valence electrons. The monoisotopic (exact) mass is 166 g/mol. The zero-order valence-corrected chi connectivity index (χ0v) is 8.25. The van der Waals surface area contributed by atoms with Crippen molar-refractivity contribution >= 4 is 0 Å². The maximum Gasteiger partial charge on any atom is 0.0524 e. The number of allylic oxidation sites excluding steroid dienone is 3. The Morgan fingerprint density at radius 1 is 1.50 bits per heavy atom. The van der Waals surface area contributed by atoms with Crippen molar-refractivity contribution in [3.63, 3.8) is 0 Å². The van der Waals surface area contributed by atoms with Crippen LogP contribution in [0.2, 0.25) is 0 Å². The highest BCUT2D eigenvalue weighted by molar-refractivity contribution is 5.06. The van der Waals surface area contributed by atoms with Gasteiger partial charge in [-0.3, -0.25) is 0 Å².